The Balaban J connectivity index is 1.76. The fourth-order valence-corrected chi connectivity index (χ4v) is 3.90. The Morgan fingerprint density at radius 3 is 2.57 bits per heavy atom. The lowest BCUT2D eigenvalue weighted by Crippen LogP contribution is -2.27. The third-order valence-electron chi connectivity index (χ3n) is 4.28. The molecule has 0 unspecified atom stereocenters. The first-order chi connectivity index (χ1) is 13.4. The zero-order valence-corrected chi connectivity index (χ0v) is 18.6. The van der Waals surface area contributed by atoms with Gasteiger partial charge in [0.25, 0.3) is 11.1 Å². The Hall–Kier alpha value is -1.76. The number of carbonyl (C=O) groups excluding carboxylic acids is 2. The zero-order valence-electron chi connectivity index (χ0n) is 15.4. The molecule has 0 radical (unpaired) electrons. The van der Waals surface area contributed by atoms with E-state index in [1.165, 1.54) is 4.90 Å². The molecule has 0 aromatic heterocycles. The van der Waals surface area contributed by atoms with Gasteiger partial charge in [0.15, 0.2) is 0 Å². The molecule has 1 aliphatic heterocycles. The molecule has 2 amide bonds. The number of thioether (sulfide) groups is 1. The fraction of sp³-hybridized carbons (Fsp3) is 0.238. The maximum absolute atomic E-state index is 12.7. The molecule has 28 heavy (non-hydrogen) atoms. The van der Waals surface area contributed by atoms with E-state index in [0.29, 0.717) is 15.7 Å². The third kappa shape index (κ3) is 4.99. The van der Waals surface area contributed by atoms with Gasteiger partial charge >= 0.3 is 0 Å². The predicted molar refractivity (Wildman–Crippen MR) is 117 cm³/mol. The van der Waals surface area contributed by atoms with Crippen LogP contribution < -0.4 is 4.74 Å². The summed E-state index contributed by atoms with van der Waals surface area (Å²) in [5.74, 6) is 0.311. The second-order valence-corrected chi connectivity index (χ2v) is 8.74. The van der Waals surface area contributed by atoms with Crippen molar-refractivity contribution in [3.63, 3.8) is 0 Å². The van der Waals surface area contributed by atoms with E-state index in [-0.39, 0.29) is 23.8 Å². The van der Waals surface area contributed by atoms with Gasteiger partial charge in [-0.1, -0.05) is 52.7 Å². The van der Waals surface area contributed by atoms with E-state index in [1.54, 1.807) is 18.2 Å². The summed E-state index contributed by atoms with van der Waals surface area (Å²) in [6.45, 7) is 4.26. The maximum Gasteiger partial charge on any atom is 0.293 e. The number of rotatable bonds is 6. The van der Waals surface area contributed by atoms with E-state index in [1.807, 2.05) is 44.2 Å². The van der Waals surface area contributed by atoms with Crippen molar-refractivity contribution in [3.05, 3.63) is 68.0 Å². The number of halogens is 2. The molecule has 0 N–H and O–H groups in total. The van der Waals surface area contributed by atoms with Crippen LogP contribution in [0.15, 0.2) is 51.8 Å². The van der Waals surface area contributed by atoms with Gasteiger partial charge in [-0.3, -0.25) is 14.5 Å². The van der Waals surface area contributed by atoms with Crippen LogP contribution in [0.25, 0.3) is 6.08 Å². The summed E-state index contributed by atoms with van der Waals surface area (Å²) in [5, 5.41) is 0.199. The highest BCUT2D eigenvalue weighted by Crippen LogP contribution is 2.35. The van der Waals surface area contributed by atoms with E-state index in [0.717, 1.165) is 33.8 Å². The van der Waals surface area contributed by atoms with E-state index in [2.05, 4.69) is 15.9 Å². The fourth-order valence-electron chi connectivity index (χ4n) is 2.56. The van der Waals surface area contributed by atoms with Crippen molar-refractivity contribution in [2.24, 2.45) is 0 Å². The van der Waals surface area contributed by atoms with Crippen molar-refractivity contribution in [1.82, 2.24) is 4.90 Å². The summed E-state index contributed by atoms with van der Waals surface area (Å²) in [6.07, 6.45) is 2.63. The number of ether oxygens (including phenoxy) is 1. The molecule has 4 nitrogen and oxygen atoms in total. The van der Waals surface area contributed by atoms with Crippen molar-refractivity contribution in [3.8, 4) is 5.75 Å². The molecule has 1 saturated heterocycles. The van der Waals surface area contributed by atoms with Crippen LogP contribution >= 0.6 is 39.3 Å². The molecule has 0 aliphatic carbocycles. The van der Waals surface area contributed by atoms with Crippen LogP contribution in [0.1, 0.15) is 31.4 Å². The molecule has 1 aliphatic rings. The summed E-state index contributed by atoms with van der Waals surface area (Å²) < 4.78 is 6.71. The van der Waals surface area contributed by atoms with Crippen LogP contribution in [-0.2, 0) is 11.3 Å². The van der Waals surface area contributed by atoms with Crippen molar-refractivity contribution in [1.29, 1.82) is 0 Å². The van der Waals surface area contributed by atoms with Crippen LogP contribution in [0.3, 0.4) is 0 Å². The van der Waals surface area contributed by atoms with Crippen molar-refractivity contribution >= 4 is 56.5 Å². The highest BCUT2D eigenvalue weighted by atomic mass is 79.9. The van der Waals surface area contributed by atoms with Crippen LogP contribution in [0, 0.1) is 0 Å². The number of benzene rings is 2. The minimum Gasteiger partial charge on any atom is -0.489 e. The second kappa shape index (κ2) is 9.16. The number of hydrogen-bond acceptors (Lipinski definition) is 4. The monoisotopic (exact) mass is 479 g/mol. The highest BCUT2D eigenvalue weighted by Gasteiger charge is 2.35. The lowest BCUT2D eigenvalue weighted by Gasteiger charge is -2.14. The maximum atomic E-state index is 12.7. The number of carbonyl (C=O) groups is 2. The average Bonchev–Trinajstić information content (AvgIpc) is 2.93. The van der Waals surface area contributed by atoms with E-state index in [9.17, 15) is 9.59 Å². The van der Waals surface area contributed by atoms with Crippen LogP contribution in [0.2, 0.25) is 5.02 Å². The van der Waals surface area contributed by atoms with Gasteiger partial charge in [-0.15, -0.1) is 0 Å². The predicted octanol–water partition coefficient (Wildman–Crippen LogP) is 6.52. The summed E-state index contributed by atoms with van der Waals surface area (Å²) in [5.41, 5.74) is 1.64. The molecule has 0 spiro atoms. The summed E-state index contributed by atoms with van der Waals surface area (Å²) in [4.78, 5) is 26.6. The van der Waals surface area contributed by atoms with Gasteiger partial charge in [0.2, 0.25) is 0 Å². The van der Waals surface area contributed by atoms with Gasteiger partial charge in [0, 0.05) is 4.47 Å². The molecule has 7 heteroatoms. The molecule has 2 aromatic rings. The highest BCUT2D eigenvalue weighted by molar-refractivity contribution is 9.10. The van der Waals surface area contributed by atoms with Crippen molar-refractivity contribution < 1.29 is 14.3 Å². The van der Waals surface area contributed by atoms with Gasteiger partial charge in [0.1, 0.15) is 5.75 Å². The molecule has 146 valence electrons. The first-order valence-electron chi connectivity index (χ1n) is 8.83. The van der Waals surface area contributed by atoms with Gasteiger partial charge in [0.05, 0.1) is 22.6 Å². The normalized spacial score (nSPS) is 16.7. The number of imide groups is 1. The number of nitrogens with zero attached hydrogens (tertiary/aromatic N) is 1. The average molecular weight is 481 g/mol. The topological polar surface area (TPSA) is 46.6 Å². The summed E-state index contributed by atoms with van der Waals surface area (Å²) in [7, 11) is 0. The van der Waals surface area contributed by atoms with Gasteiger partial charge < -0.3 is 4.74 Å². The van der Waals surface area contributed by atoms with Crippen LogP contribution in [0.5, 0.6) is 5.75 Å². The van der Waals surface area contributed by atoms with Gasteiger partial charge in [-0.05, 0) is 66.6 Å². The standard InChI is InChI=1S/C21H19BrClNO3S/c1-3-13(2)27-18-9-6-15(10-17(18)23)11-19-20(25)24(21(26)28-19)12-14-4-7-16(22)8-5-14/h4-11,13H,3,12H2,1-2H3/b19-11-/t13-/m0/s1. The van der Waals surface area contributed by atoms with Crippen LogP contribution in [0.4, 0.5) is 4.79 Å². The number of amides is 2. The second-order valence-electron chi connectivity index (χ2n) is 6.42. The zero-order chi connectivity index (χ0) is 20.3. The lowest BCUT2D eigenvalue weighted by atomic mass is 10.2. The Morgan fingerprint density at radius 1 is 1.21 bits per heavy atom. The molecule has 0 saturated carbocycles. The third-order valence-corrected chi connectivity index (χ3v) is 6.02. The van der Waals surface area contributed by atoms with E-state index in [4.69, 9.17) is 16.3 Å². The molecule has 0 bridgehead atoms. The summed E-state index contributed by atoms with van der Waals surface area (Å²) in [6, 6.07) is 12.9. The molecule has 3 rings (SSSR count). The molecule has 1 fully saturated rings. The minimum atomic E-state index is -0.297. The molecular formula is C21H19BrClNO3S. The van der Waals surface area contributed by atoms with Crippen molar-refractivity contribution in [2.45, 2.75) is 32.9 Å². The molecule has 1 atom stereocenters. The minimum absolute atomic E-state index is 0.0680. The number of hydrogen-bond donors (Lipinski definition) is 0. The van der Waals surface area contributed by atoms with Crippen molar-refractivity contribution in [2.75, 3.05) is 0 Å². The Morgan fingerprint density at radius 2 is 1.93 bits per heavy atom. The SMILES string of the molecule is CC[C@H](C)Oc1ccc(/C=C2\SC(=O)N(Cc3ccc(Br)cc3)C2=O)cc1Cl. The first kappa shape index (κ1) is 21.0. The molecule has 1 heterocycles. The van der Waals surface area contributed by atoms with Gasteiger partial charge in [-0.2, -0.15) is 0 Å². The Bertz CT molecular complexity index is 930. The Kier molecular flexibility index (Phi) is 6.86. The smallest absolute Gasteiger partial charge is 0.293 e. The largest absolute Gasteiger partial charge is 0.489 e. The lowest BCUT2D eigenvalue weighted by molar-refractivity contribution is -0.123. The Labute approximate surface area is 182 Å². The molecule has 2 aromatic carbocycles. The summed E-state index contributed by atoms with van der Waals surface area (Å²) >= 11 is 10.6. The first-order valence-corrected chi connectivity index (χ1v) is 10.8. The molecular weight excluding hydrogens is 462 g/mol. The van der Waals surface area contributed by atoms with E-state index >= 15 is 0 Å². The van der Waals surface area contributed by atoms with Gasteiger partial charge in [-0.25, -0.2) is 0 Å². The van der Waals surface area contributed by atoms with E-state index < -0.39 is 0 Å². The quantitative estimate of drug-likeness (QED) is 0.442. The van der Waals surface area contributed by atoms with Crippen LogP contribution in [-0.4, -0.2) is 22.2 Å².